The summed E-state index contributed by atoms with van der Waals surface area (Å²) in [5.74, 6) is 0.802. The Kier molecular flexibility index (Phi) is 6.69. The summed E-state index contributed by atoms with van der Waals surface area (Å²) in [6.45, 7) is 4.70. The van der Waals surface area contributed by atoms with Gasteiger partial charge < -0.3 is 9.64 Å². The van der Waals surface area contributed by atoms with Crippen molar-refractivity contribution in [2.24, 2.45) is 0 Å². The molecule has 1 aliphatic heterocycles. The van der Waals surface area contributed by atoms with Gasteiger partial charge in [0, 0.05) is 31.0 Å². The van der Waals surface area contributed by atoms with Crippen LogP contribution in [0.1, 0.15) is 54.4 Å². The van der Waals surface area contributed by atoms with Crippen LogP contribution in [-0.4, -0.2) is 24.5 Å². The van der Waals surface area contributed by atoms with Crippen LogP contribution in [0.2, 0.25) is 0 Å². The Morgan fingerprint density at radius 2 is 1.74 bits per heavy atom. The van der Waals surface area contributed by atoms with E-state index in [2.05, 4.69) is 13.8 Å². The highest BCUT2D eigenvalue weighted by Crippen LogP contribution is 2.39. The van der Waals surface area contributed by atoms with E-state index in [1.807, 2.05) is 48.5 Å². The quantitative estimate of drug-likeness (QED) is 0.390. The van der Waals surface area contributed by atoms with E-state index < -0.39 is 11.7 Å². The highest BCUT2D eigenvalue weighted by atomic mass is 19.4. The molecule has 1 unspecified atom stereocenters. The molecule has 1 aliphatic rings. The van der Waals surface area contributed by atoms with Crippen LogP contribution in [0.25, 0.3) is 11.1 Å². The molecule has 1 fully saturated rings. The molecule has 3 nitrogen and oxygen atoms in total. The normalized spacial score (nSPS) is 16.4. The molecule has 0 saturated carbocycles. The number of halogens is 3. The van der Waals surface area contributed by atoms with Gasteiger partial charge in [-0.25, -0.2) is 0 Å². The molecule has 1 amide bonds. The minimum Gasteiger partial charge on any atom is -0.496 e. The summed E-state index contributed by atoms with van der Waals surface area (Å²) in [6.07, 6.45) is -4.12. The lowest BCUT2D eigenvalue weighted by Gasteiger charge is -2.22. The Balaban J connectivity index is 1.75. The minimum absolute atomic E-state index is 0.0294. The fourth-order valence-electron chi connectivity index (χ4n) is 4.54. The van der Waals surface area contributed by atoms with Gasteiger partial charge >= 0.3 is 6.18 Å². The van der Waals surface area contributed by atoms with E-state index in [1.54, 1.807) is 12.0 Å². The van der Waals surface area contributed by atoms with Crippen molar-refractivity contribution in [3.05, 3.63) is 89.0 Å². The number of benzene rings is 3. The molecule has 1 saturated heterocycles. The van der Waals surface area contributed by atoms with Gasteiger partial charge in [0.25, 0.3) is 0 Å². The van der Waals surface area contributed by atoms with Crippen LogP contribution in [0.3, 0.4) is 0 Å². The van der Waals surface area contributed by atoms with Crippen molar-refractivity contribution in [2.45, 2.75) is 44.8 Å². The summed E-state index contributed by atoms with van der Waals surface area (Å²) >= 11 is 0. The van der Waals surface area contributed by atoms with Crippen molar-refractivity contribution in [1.82, 2.24) is 4.90 Å². The second kappa shape index (κ2) is 9.53. The molecule has 1 atom stereocenters. The van der Waals surface area contributed by atoms with Crippen molar-refractivity contribution >= 4 is 5.91 Å². The Bertz CT molecular complexity index is 1170. The largest absolute Gasteiger partial charge is 0.496 e. The summed E-state index contributed by atoms with van der Waals surface area (Å²) in [6, 6.07) is 19.3. The molecule has 0 spiro atoms. The predicted octanol–water partition coefficient (Wildman–Crippen LogP) is 7.02. The maximum atomic E-state index is 13.6. The number of amides is 1. The summed E-state index contributed by atoms with van der Waals surface area (Å²) in [7, 11) is 1.55. The van der Waals surface area contributed by atoms with Gasteiger partial charge in [0.1, 0.15) is 5.75 Å². The zero-order valence-electron chi connectivity index (χ0n) is 19.5. The molecule has 0 bridgehead atoms. The molecule has 0 aromatic heterocycles. The third-order valence-corrected chi connectivity index (χ3v) is 6.46. The first-order valence-electron chi connectivity index (χ1n) is 11.4. The smallest absolute Gasteiger partial charge is 0.416 e. The van der Waals surface area contributed by atoms with Gasteiger partial charge in [-0.3, -0.25) is 4.79 Å². The van der Waals surface area contributed by atoms with E-state index in [0.717, 1.165) is 22.8 Å². The highest BCUT2D eigenvalue weighted by Gasteiger charge is 2.34. The Morgan fingerprint density at radius 3 is 2.38 bits per heavy atom. The van der Waals surface area contributed by atoms with Crippen molar-refractivity contribution < 1.29 is 22.7 Å². The average molecular weight is 468 g/mol. The molecule has 34 heavy (non-hydrogen) atoms. The molecule has 1 heterocycles. The second-order valence-electron chi connectivity index (χ2n) is 9.07. The number of ether oxygens (including phenoxy) is 1. The van der Waals surface area contributed by atoms with Crippen LogP contribution in [0.15, 0.2) is 66.7 Å². The van der Waals surface area contributed by atoms with Crippen LogP contribution < -0.4 is 4.74 Å². The maximum absolute atomic E-state index is 13.6. The van der Waals surface area contributed by atoms with Crippen molar-refractivity contribution in [3.63, 3.8) is 0 Å². The lowest BCUT2D eigenvalue weighted by molar-refractivity contribution is -0.137. The van der Waals surface area contributed by atoms with E-state index in [-0.39, 0.29) is 24.3 Å². The van der Waals surface area contributed by atoms with E-state index >= 15 is 0 Å². The molecule has 3 aromatic carbocycles. The van der Waals surface area contributed by atoms with Crippen LogP contribution in [0.4, 0.5) is 13.2 Å². The fourth-order valence-corrected chi connectivity index (χ4v) is 4.54. The first-order chi connectivity index (χ1) is 16.2. The topological polar surface area (TPSA) is 29.5 Å². The summed E-state index contributed by atoms with van der Waals surface area (Å²) < 4.78 is 46.3. The molecule has 178 valence electrons. The predicted molar refractivity (Wildman–Crippen MR) is 127 cm³/mol. The lowest BCUT2D eigenvalue weighted by atomic mass is 9.92. The van der Waals surface area contributed by atoms with Gasteiger partial charge in [0.2, 0.25) is 5.91 Å². The molecule has 3 aromatic rings. The van der Waals surface area contributed by atoms with Crippen LogP contribution in [0.5, 0.6) is 5.75 Å². The Labute approximate surface area is 198 Å². The van der Waals surface area contributed by atoms with Gasteiger partial charge in [-0.05, 0) is 52.4 Å². The van der Waals surface area contributed by atoms with Gasteiger partial charge in [-0.15, -0.1) is 0 Å². The lowest BCUT2D eigenvalue weighted by Crippen LogP contribution is -2.25. The summed E-state index contributed by atoms with van der Waals surface area (Å²) in [4.78, 5) is 14.5. The Hall–Kier alpha value is -3.28. The molecule has 6 heteroatoms. The number of rotatable bonds is 6. The third-order valence-electron chi connectivity index (χ3n) is 6.46. The highest BCUT2D eigenvalue weighted by molar-refractivity contribution is 5.81. The van der Waals surface area contributed by atoms with E-state index in [4.69, 9.17) is 4.74 Å². The van der Waals surface area contributed by atoms with E-state index in [1.165, 1.54) is 12.1 Å². The Morgan fingerprint density at radius 1 is 1.00 bits per heavy atom. The van der Waals surface area contributed by atoms with Crippen LogP contribution >= 0.6 is 0 Å². The molecule has 0 N–H and O–H groups in total. The van der Waals surface area contributed by atoms with Crippen molar-refractivity contribution in [1.29, 1.82) is 0 Å². The standard InChI is InChI=1S/C28H28F3NO2/c1-18(2)20-9-12-26(34-3)25(14-20)24-11-10-23(28(29,30)31)13-22(24)17-32-16-21(15-27(32)33)19-7-5-4-6-8-19/h4-14,18,21H,15-17H2,1-3H3. The minimum atomic E-state index is -4.47. The van der Waals surface area contributed by atoms with E-state index in [9.17, 15) is 18.0 Å². The molecular weight excluding hydrogens is 439 g/mol. The monoisotopic (exact) mass is 467 g/mol. The zero-order valence-corrected chi connectivity index (χ0v) is 19.5. The summed E-state index contributed by atoms with van der Waals surface area (Å²) in [5.41, 5.74) is 3.22. The van der Waals surface area contributed by atoms with Gasteiger partial charge in [0.15, 0.2) is 0 Å². The third kappa shape index (κ3) is 4.96. The number of alkyl halides is 3. The first-order valence-corrected chi connectivity index (χ1v) is 11.4. The molecule has 0 radical (unpaired) electrons. The number of hydrogen-bond donors (Lipinski definition) is 0. The van der Waals surface area contributed by atoms with Crippen LogP contribution in [-0.2, 0) is 17.5 Å². The average Bonchev–Trinajstić information content (AvgIpc) is 3.18. The van der Waals surface area contributed by atoms with E-state index in [0.29, 0.717) is 29.8 Å². The number of hydrogen-bond acceptors (Lipinski definition) is 2. The molecule has 0 aliphatic carbocycles. The molecular formula is C28H28F3NO2. The number of methoxy groups -OCH3 is 1. The van der Waals surface area contributed by atoms with Gasteiger partial charge in [-0.1, -0.05) is 56.3 Å². The van der Waals surface area contributed by atoms with Gasteiger partial charge in [-0.2, -0.15) is 13.2 Å². The van der Waals surface area contributed by atoms with Crippen LogP contribution in [0, 0.1) is 0 Å². The number of carbonyl (C=O) groups excluding carboxylic acids is 1. The van der Waals surface area contributed by atoms with Gasteiger partial charge in [0.05, 0.1) is 12.7 Å². The zero-order chi connectivity index (χ0) is 24.5. The molecule has 4 rings (SSSR count). The fraction of sp³-hybridized carbons (Fsp3) is 0.321. The summed E-state index contributed by atoms with van der Waals surface area (Å²) in [5, 5.41) is 0. The second-order valence-corrected chi connectivity index (χ2v) is 9.07. The van der Waals surface area contributed by atoms with Crippen molar-refractivity contribution in [2.75, 3.05) is 13.7 Å². The first kappa shape index (κ1) is 23.9. The number of likely N-dealkylation sites (tertiary alicyclic amines) is 1. The SMILES string of the molecule is COc1ccc(C(C)C)cc1-c1ccc(C(F)(F)F)cc1CN1CC(c2ccccc2)CC1=O. The number of nitrogens with zero attached hydrogens (tertiary/aromatic N) is 1. The number of carbonyl (C=O) groups is 1. The van der Waals surface area contributed by atoms with Crippen molar-refractivity contribution in [3.8, 4) is 16.9 Å². The maximum Gasteiger partial charge on any atom is 0.416 e.